The Bertz CT molecular complexity index is 402. The summed E-state index contributed by atoms with van der Waals surface area (Å²) in [6, 6.07) is 8.53. The third kappa shape index (κ3) is 4.09. The number of nitrogens with zero attached hydrogens (tertiary/aromatic N) is 1. The fourth-order valence-electron chi connectivity index (χ4n) is 2.66. The monoisotopic (exact) mass is 259 g/mol. The van der Waals surface area contributed by atoms with Crippen LogP contribution in [0.4, 0.5) is 0 Å². The summed E-state index contributed by atoms with van der Waals surface area (Å²) in [6.07, 6.45) is 5.16. The van der Waals surface area contributed by atoms with E-state index in [4.69, 9.17) is 0 Å². The van der Waals surface area contributed by atoms with Gasteiger partial charge in [-0.05, 0) is 36.3 Å². The molecule has 1 amide bonds. The highest BCUT2D eigenvalue weighted by molar-refractivity contribution is 5.78. The Kier molecular flexibility index (Phi) is 5.00. The second-order valence-electron chi connectivity index (χ2n) is 5.81. The molecule has 2 rings (SSSR count). The molecule has 1 heterocycles. The first-order valence-corrected chi connectivity index (χ1v) is 7.54. The van der Waals surface area contributed by atoms with Gasteiger partial charge in [-0.3, -0.25) is 4.79 Å². The number of piperidine rings is 1. The van der Waals surface area contributed by atoms with Crippen LogP contribution >= 0.6 is 0 Å². The number of carbonyl (C=O) groups excluding carboxylic acids is 1. The maximum Gasteiger partial charge on any atom is 0.226 e. The van der Waals surface area contributed by atoms with Gasteiger partial charge in [0.2, 0.25) is 5.91 Å². The Morgan fingerprint density at radius 3 is 2.32 bits per heavy atom. The zero-order valence-electron chi connectivity index (χ0n) is 12.2. The number of benzene rings is 1. The Labute approximate surface area is 116 Å². The third-order valence-electron chi connectivity index (χ3n) is 4.05. The van der Waals surface area contributed by atoms with E-state index in [0.29, 0.717) is 6.42 Å². The number of aryl methyl sites for hydroxylation is 1. The lowest BCUT2D eigenvalue weighted by Gasteiger charge is -2.30. The molecule has 1 aliphatic heterocycles. The van der Waals surface area contributed by atoms with Crippen LogP contribution < -0.4 is 0 Å². The lowest BCUT2D eigenvalue weighted by molar-refractivity contribution is -0.131. The molecule has 2 heteroatoms. The van der Waals surface area contributed by atoms with Crippen molar-refractivity contribution >= 4 is 5.91 Å². The smallest absolute Gasteiger partial charge is 0.226 e. The van der Waals surface area contributed by atoms with Gasteiger partial charge in [-0.1, -0.05) is 44.5 Å². The normalized spacial score (nSPS) is 16.6. The first-order chi connectivity index (χ1) is 9.19. The van der Waals surface area contributed by atoms with Crippen molar-refractivity contribution < 1.29 is 4.79 Å². The molecule has 1 fully saturated rings. The van der Waals surface area contributed by atoms with Gasteiger partial charge in [-0.2, -0.15) is 0 Å². The Balaban J connectivity index is 1.88. The molecule has 1 aliphatic rings. The van der Waals surface area contributed by atoms with Crippen LogP contribution in [0.5, 0.6) is 0 Å². The van der Waals surface area contributed by atoms with Crippen molar-refractivity contribution in [3.63, 3.8) is 0 Å². The number of rotatable bonds is 4. The van der Waals surface area contributed by atoms with Gasteiger partial charge in [0, 0.05) is 13.1 Å². The van der Waals surface area contributed by atoms with Crippen molar-refractivity contribution in [2.24, 2.45) is 5.92 Å². The predicted octanol–water partition coefficient (Wildman–Crippen LogP) is 3.44. The van der Waals surface area contributed by atoms with Crippen molar-refractivity contribution in [1.29, 1.82) is 0 Å². The van der Waals surface area contributed by atoms with Gasteiger partial charge >= 0.3 is 0 Å². The van der Waals surface area contributed by atoms with Crippen LogP contribution in [0.1, 0.15) is 44.2 Å². The van der Waals surface area contributed by atoms with Crippen LogP contribution in [0.3, 0.4) is 0 Å². The zero-order chi connectivity index (χ0) is 13.7. The number of likely N-dealkylation sites (tertiary alicyclic amines) is 1. The molecule has 2 nitrogen and oxygen atoms in total. The molecule has 0 unspecified atom stereocenters. The number of carbonyl (C=O) groups is 1. The molecule has 0 radical (unpaired) electrons. The number of hydrogen-bond acceptors (Lipinski definition) is 1. The van der Waals surface area contributed by atoms with E-state index in [2.05, 4.69) is 38.1 Å². The SMILES string of the molecule is CCCc1ccc(CC(=O)N2CCC(C)CC2)cc1. The Morgan fingerprint density at radius 2 is 1.74 bits per heavy atom. The minimum absolute atomic E-state index is 0.287. The summed E-state index contributed by atoms with van der Waals surface area (Å²) >= 11 is 0. The molecule has 0 aliphatic carbocycles. The maximum absolute atomic E-state index is 12.2. The summed E-state index contributed by atoms with van der Waals surface area (Å²) in [4.78, 5) is 14.2. The van der Waals surface area contributed by atoms with Gasteiger partial charge in [0.25, 0.3) is 0 Å². The van der Waals surface area contributed by atoms with E-state index in [-0.39, 0.29) is 5.91 Å². The fourth-order valence-corrected chi connectivity index (χ4v) is 2.66. The number of hydrogen-bond donors (Lipinski definition) is 0. The molecule has 0 N–H and O–H groups in total. The molecule has 0 saturated carbocycles. The molecule has 1 aromatic rings. The van der Waals surface area contributed by atoms with E-state index in [1.54, 1.807) is 0 Å². The largest absolute Gasteiger partial charge is 0.342 e. The van der Waals surface area contributed by atoms with Crippen LogP contribution in [-0.2, 0) is 17.6 Å². The van der Waals surface area contributed by atoms with E-state index in [0.717, 1.165) is 43.8 Å². The lowest BCUT2D eigenvalue weighted by Crippen LogP contribution is -2.38. The first-order valence-electron chi connectivity index (χ1n) is 7.54. The Morgan fingerprint density at radius 1 is 1.16 bits per heavy atom. The minimum atomic E-state index is 0.287. The van der Waals surface area contributed by atoms with Gasteiger partial charge in [-0.25, -0.2) is 0 Å². The second kappa shape index (κ2) is 6.74. The summed E-state index contributed by atoms with van der Waals surface area (Å²) in [5.74, 6) is 1.06. The van der Waals surface area contributed by atoms with Crippen LogP contribution in [0.15, 0.2) is 24.3 Å². The summed E-state index contributed by atoms with van der Waals surface area (Å²) in [6.45, 7) is 6.34. The zero-order valence-corrected chi connectivity index (χ0v) is 12.2. The maximum atomic E-state index is 12.2. The van der Waals surface area contributed by atoms with Gasteiger partial charge in [0.15, 0.2) is 0 Å². The average molecular weight is 259 g/mol. The summed E-state index contributed by atoms with van der Waals surface area (Å²) < 4.78 is 0. The molecule has 0 aromatic heterocycles. The lowest BCUT2D eigenvalue weighted by atomic mass is 9.98. The molecule has 0 atom stereocenters. The standard InChI is InChI=1S/C17H25NO/c1-3-4-15-5-7-16(8-6-15)13-17(19)18-11-9-14(2)10-12-18/h5-8,14H,3-4,9-13H2,1-2H3. The van der Waals surface area contributed by atoms with Gasteiger partial charge < -0.3 is 4.90 Å². The second-order valence-corrected chi connectivity index (χ2v) is 5.81. The van der Waals surface area contributed by atoms with Gasteiger partial charge in [0.1, 0.15) is 0 Å². The Hall–Kier alpha value is -1.31. The van der Waals surface area contributed by atoms with Crippen LogP contribution in [0.2, 0.25) is 0 Å². The van der Waals surface area contributed by atoms with Crippen LogP contribution in [0, 0.1) is 5.92 Å². The van der Waals surface area contributed by atoms with Gasteiger partial charge in [0.05, 0.1) is 6.42 Å². The van der Waals surface area contributed by atoms with Crippen molar-refractivity contribution in [1.82, 2.24) is 4.90 Å². The third-order valence-corrected chi connectivity index (χ3v) is 4.05. The van der Waals surface area contributed by atoms with E-state index in [1.807, 2.05) is 4.90 Å². The highest BCUT2D eigenvalue weighted by atomic mass is 16.2. The summed E-state index contributed by atoms with van der Waals surface area (Å²) in [5.41, 5.74) is 2.51. The van der Waals surface area contributed by atoms with Crippen LogP contribution in [0.25, 0.3) is 0 Å². The molecule has 0 spiro atoms. The molecule has 1 aromatic carbocycles. The van der Waals surface area contributed by atoms with Crippen molar-refractivity contribution in [3.05, 3.63) is 35.4 Å². The molecular weight excluding hydrogens is 234 g/mol. The average Bonchev–Trinajstić information content (AvgIpc) is 2.42. The minimum Gasteiger partial charge on any atom is -0.342 e. The first kappa shape index (κ1) is 14.1. The highest BCUT2D eigenvalue weighted by Gasteiger charge is 2.20. The quantitative estimate of drug-likeness (QED) is 0.811. The summed E-state index contributed by atoms with van der Waals surface area (Å²) in [7, 11) is 0. The van der Waals surface area contributed by atoms with Crippen molar-refractivity contribution in [3.8, 4) is 0 Å². The highest BCUT2D eigenvalue weighted by Crippen LogP contribution is 2.17. The predicted molar refractivity (Wildman–Crippen MR) is 79.1 cm³/mol. The topological polar surface area (TPSA) is 20.3 Å². The summed E-state index contributed by atoms with van der Waals surface area (Å²) in [5, 5.41) is 0. The van der Waals surface area contributed by atoms with Crippen LogP contribution in [-0.4, -0.2) is 23.9 Å². The van der Waals surface area contributed by atoms with Gasteiger partial charge in [-0.15, -0.1) is 0 Å². The molecule has 1 saturated heterocycles. The molecule has 104 valence electrons. The molecule has 0 bridgehead atoms. The van der Waals surface area contributed by atoms with Crippen molar-refractivity contribution in [2.75, 3.05) is 13.1 Å². The number of amides is 1. The fraction of sp³-hybridized carbons (Fsp3) is 0.588. The van der Waals surface area contributed by atoms with E-state index >= 15 is 0 Å². The van der Waals surface area contributed by atoms with E-state index in [1.165, 1.54) is 12.0 Å². The van der Waals surface area contributed by atoms with Crippen molar-refractivity contribution in [2.45, 2.75) is 46.0 Å². The molecule has 19 heavy (non-hydrogen) atoms. The molecular formula is C17H25NO. The van der Waals surface area contributed by atoms with E-state index in [9.17, 15) is 4.79 Å². The van der Waals surface area contributed by atoms with E-state index < -0.39 is 0 Å².